The van der Waals surface area contributed by atoms with Crippen LogP contribution in [0.4, 0.5) is 0 Å². The zero-order chi connectivity index (χ0) is 12.7. The first-order valence-electron chi connectivity index (χ1n) is 5.15. The highest BCUT2D eigenvalue weighted by molar-refractivity contribution is 5.70. The van der Waals surface area contributed by atoms with Crippen molar-refractivity contribution < 1.29 is 30.0 Å². The third-order valence-electron chi connectivity index (χ3n) is 2.36. The predicted octanol–water partition coefficient (Wildman–Crippen LogP) is 0.0739. The van der Waals surface area contributed by atoms with Gasteiger partial charge in [-0.2, -0.15) is 0 Å². The lowest BCUT2D eigenvalue weighted by atomic mass is 9.95. The molecule has 0 rings (SSSR count). The Kier molecular flexibility index (Phi) is 6.67. The van der Waals surface area contributed by atoms with Gasteiger partial charge < -0.3 is 20.4 Å². The quantitative estimate of drug-likeness (QED) is 0.472. The Bertz CT molecular complexity index is 237. The summed E-state index contributed by atoms with van der Waals surface area (Å²) in [5.74, 6) is -3.03. The molecule has 16 heavy (non-hydrogen) atoms. The van der Waals surface area contributed by atoms with Crippen LogP contribution in [-0.4, -0.2) is 44.6 Å². The molecule has 94 valence electrons. The second-order valence-electron chi connectivity index (χ2n) is 3.87. The maximum absolute atomic E-state index is 10.7. The molecular formula is C10H18O6. The Balaban J connectivity index is 3.86. The molecular weight excluding hydrogens is 216 g/mol. The summed E-state index contributed by atoms with van der Waals surface area (Å²) in [4.78, 5) is 20.9. The van der Waals surface area contributed by atoms with Crippen LogP contribution in [0.1, 0.15) is 32.6 Å². The number of carboxylic acids is 2. The van der Waals surface area contributed by atoms with Crippen molar-refractivity contribution >= 4 is 11.9 Å². The third kappa shape index (κ3) is 6.36. The van der Waals surface area contributed by atoms with E-state index in [4.69, 9.17) is 15.3 Å². The minimum absolute atomic E-state index is 0.225. The zero-order valence-electron chi connectivity index (χ0n) is 9.17. The summed E-state index contributed by atoms with van der Waals surface area (Å²) < 4.78 is 0. The lowest BCUT2D eigenvalue weighted by molar-refractivity contribution is -0.146. The second-order valence-corrected chi connectivity index (χ2v) is 3.87. The molecule has 0 aromatic carbocycles. The number of rotatable bonds is 8. The van der Waals surface area contributed by atoms with Gasteiger partial charge in [0.25, 0.3) is 0 Å². The first-order valence-corrected chi connectivity index (χ1v) is 5.15. The molecule has 0 amide bonds. The number of aliphatic carboxylic acids is 2. The Labute approximate surface area is 93.5 Å². The molecule has 0 aromatic heterocycles. The van der Waals surface area contributed by atoms with E-state index < -0.39 is 30.1 Å². The fraction of sp³-hybridized carbons (Fsp3) is 0.800. The van der Waals surface area contributed by atoms with Crippen molar-refractivity contribution in [3.63, 3.8) is 0 Å². The molecule has 6 nitrogen and oxygen atoms in total. The molecule has 0 saturated carbocycles. The van der Waals surface area contributed by atoms with Gasteiger partial charge in [0.2, 0.25) is 0 Å². The van der Waals surface area contributed by atoms with Crippen molar-refractivity contribution in [1.82, 2.24) is 0 Å². The molecule has 0 bridgehead atoms. The molecule has 0 aliphatic carbocycles. The Morgan fingerprint density at radius 2 is 1.69 bits per heavy atom. The number of aliphatic hydroxyl groups excluding tert-OH is 2. The SMILES string of the molecule is CC(O)C(CCCC(O)CC(=O)O)C(=O)O. The maximum atomic E-state index is 10.7. The van der Waals surface area contributed by atoms with Gasteiger partial charge in [-0.25, -0.2) is 0 Å². The number of aliphatic hydroxyl groups is 2. The van der Waals surface area contributed by atoms with Gasteiger partial charge in [-0.15, -0.1) is 0 Å². The van der Waals surface area contributed by atoms with E-state index in [0.29, 0.717) is 6.42 Å². The van der Waals surface area contributed by atoms with Gasteiger partial charge in [0.05, 0.1) is 24.5 Å². The van der Waals surface area contributed by atoms with Crippen LogP contribution >= 0.6 is 0 Å². The maximum Gasteiger partial charge on any atom is 0.309 e. The fourth-order valence-corrected chi connectivity index (χ4v) is 1.45. The van der Waals surface area contributed by atoms with Gasteiger partial charge in [-0.3, -0.25) is 9.59 Å². The first kappa shape index (κ1) is 14.9. The van der Waals surface area contributed by atoms with Crippen molar-refractivity contribution in [2.45, 2.75) is 44.8 Å². The average molecular weight is 234 g/mol. The van der Waals surface area contributed by atoms with Crippen molar-refractivity contribution in [3.05, 3.63) is 0 Å². The van der Waals surface area contributed by atoms with Gasteiger partial charge in [0.15, 0.2) is 0 Å². The lowest BCUT2D eigenvalue weighted by Crippen LogP contribution is -2.26. The molecule has 3 atom stereocenters. The van der Waals surface area contributed by atoms with Crippen molar-refractivity contribution in [1.29, 1.82) is 0 Å². The van der Waals surface area contributed by atoms with E-state index in [-0.39, 0.29) is 19.3 Å². The average Bonchev–Trinajstić information content (AvgIpc) is 2.09. The highest BCUT2D eigenvalue weighted by atomic mass is 16.4. The molecule has 6 heteroatoms. The van der Waals surface area contributed by atoms with Crippen LogP contribution in [0.5, 0.6) is 0 Å². The largest absolute Gasteiger partial charge is 0.481 e. The molecule has 0 radical (unpaired) electrons. The minimum Gasteiger partial charge on any atom is -0.481 e. The zero-order valence-corrected chi connectivity index (χ0v) is 9.17. The van der Waals surface area contributed by atoms with Gasteiger partial charge >= 0.3 is 11.9 Å². The normalized spacial score (nSPS) is 16.4. The van der Waals surface area contributed by atoms with Crippen molar-refractivity contribution in [3.8, 4) is 0 Å². The van der Waals surface area contributed by atoms with Crippen molar-refractivity contribution in [2.24, 2.45) is 5.92 Å². The first-order chi connectivity index (χ1) is 7.34. The molecule has 0 fully saturated rings. The van der Waals surface area contributed by atoms with Gasteiger partial charge in [-0.05, 0) is 26.2 Å². The van der Waals surface area contributed by atoms with E-state index >= 15 is 0 Å². The van der Waals surface area contributed by atoms with E-state index in [2.05, 4.69) is 0 Å². The van der Waals surface area contributed by atoms with Crippen LogP contribution in [0.3, 0.4) is 0 Å². The topological polar surface area (TPSA) is 115 Å². The smallest absolute Gasteiger partial charge is 0.309 e. The van der Waals surface area contributed by atoms with Gasteiger partial charge in [-0.1, -0.05) is 0 Å². The molecule has 0 aliphatic heterocycles. The minimum atomic E-state index is -1.09. The molecule has 3 unspecified atom stereocenters. The highest BCUT2D eigenvalue weighted by Gasteiger charge is 2.22. The van der Waals surface area contributed by atoms with E-state index in [1.165, 1.54) is 6.92 Å². The summed E-state index contributed by atoms with van der Waals surface area (Å²) in [5, 5.41) is 35.5. The third-order valence-corrected chi connectivity index (χ3v) is 2.36. The van der Waals surface area contributed by atoms with Crippen LogP contribution in [0.15, 0.2) is 0 Å². The van der Waals surface area contributed by atoms with E-state index in [1.54, 1.807) is 0 Å². The van der Waals surface area contributed by atoms with Crippen molar-refractivity contribution in [2.75, 3.05) is 0 Å². The molecule has 0 aliphatic rings. The summed E-state index contributed by atoms with van der Waals surface area (Å²) in [6.07, 6.45) is -1.43. The summed E-state index contributed by atoms with van der Waals surface area (Å²) >= 11 is 0. The summed E-state index contributed by atoms with van der Waals surface area (Å²) in [6.45, 7) is 1.40. The van der Waals surface area contributed by atoms with E-state index in [0.717, 1.165) is 0 Å². The summed E-state index contributed by atoms with van der Waals surface area (Å²) in [6, 6.07) is 0. The molecule has 0 saturated heterocycles. The van der Waals surface area contributed by atoms with E-state index in [1.807, 2.05) is 0 Å². The Morgan fingerprint density at radius 3 is 2.06 bits per heavy atom. The molecule has 0 aromatic rings. The lowest BCUT2D eigenvalue weighted by Gasteiger charge is -2.15. The predicted molar refractivity (Wildman–Crippen MR) is 54.9 cm³/mol. The van der Waals surface area contributed by atoms with Crippen LogP contribution < -0.4 is 0 Å². The summed E-state index contributed by atoms with van der Waals surface area (Å²) in [7, 11) is 0. The monoisotopic (exact) mass is 234 g/mol. The second kappa shape index (κ2) is 7.19. The van der Waals surface area contributed by atoms with Gasteiger partial charge in [0.1, 0.15) is 0 Å². The number of carboxylic acid groups (broad SMARTS) is 2. The Morgan fingerprint density at radius 1 is 1.12 bits per heavy atom. The molecule has 4 N–H and O–H groups in total. The highest BCUT2D eigenvalue weighted by Crippen LogP contribution is 2.15. The number of hydrogen-bond acceptors (Lipinski definition) is 4. The van der Waals surface area contributed by atoms with Crippen LogP contribution in [0.25, 0.3) is 0 Å². The Hall–Kier alpha value is -1.14. The number of carbonyl (C=O) groups is 2. The number of hydrogen-bond donors (Lipinski definition) is 4. The molecule has 0 heterocycles. The summed E-state index contributed by atoms with van der Waals surface area (Å²) in [5.41, 5.74) is 0. The fourth-order valence-electron chi connectivity index (χ4n) is 1.45. The molecule has 0 spiro atoms. The van der Waals surface area contributed by atoms with Crippen LogP contribution in [0, 0.1) is 5.92 Å². The van der Waals surface area contributed by atoms with E-state index in [9.17, 15) is 14.7 Å². The standard InChI is InChI=1S/C10H18O6/c1-6(11)8(10(15)16)4-2-3-7(12)5-9(13)14/h6-8,11-12H,2-5H2,1H3,(H,13,14)(H,15,16). The van der Waals surface area contributed by atoms with Gasteiger partial charge in [0, 0.05) is 0 Å². The van der Waals surface area contributed by atoms with Crippen LogP contribution in [0.2, 0.25) is 0 Å². The van der Waals surface area contributed by atoms with Crippen LogP contribution in [-0.2, 0) is 9.59 Å².